The monoisotopic (exact) mass is 393 g/mol. The van der Waals surface area contributed by atoms with E-state index < -0.39 is 6.10 Å². The van der Waals surface area contributed by atoms with Crippen LogP contribution in [0.25, 0.3) is 20.9 Å². The van der Waals surface area contributed by atoms with Crippen molar-refractivity contribution in [1.29, 1.82) is 0 Å². The molecule has 1 saturated carbocycles. The molecule has 0 spiro atoms. The van der Waals surface area contributed by atoms with Crippen LogP contribution in [0.3, 0.4) is 0 Å². The molecule has 1 fully saturated rings. The zero-order chi connectivity index (χ0) is 17.6. The highest BCUT2D eigenvalue weighted by Gasteiger charge is 2.22. The van der Waals surface area contributed by atoms with Gasteiger partial charge < -0.3 is 10.8 Å². The fourth-order valence-electron chi connectivity index (χ4n) is 4.09. The minimum Gasteiger partial charge on any atom is -0.396 e. The van der Waals surface area contributed by atoms with E-state index in [9.17, 15) is 5.11 Å². The molecule has 2 nitrogen and oxygen atoms in total. The fourth-order valence-corrected chi connectivity index (χ4v) is 5.58. The van der Waals surface area contributed by atoms with E-state index in [1.54, 1.807) is 11.3 Å². The number of aliphatic hydroxyl groups is 1. The molecule has 1 aliphatic carbocycles. The number of fused-ring (bicyclic) bond motifs is 3. The van der Waals surface area contributed by atoms with Gasteiger partial charge in [0.25, 0.3) is 0 Å². The fraction of sp³-hybridized carbons (Fsp3) is 0.400. The molecule has 4 rings (SSSR count). The van der Waals surface area contributed by atoms with Crippen molar-refractivity contribution in [2.45, 2.75) is 44.6 Å². The van der Waals surface area contributed by atoms with E-state index in [4.69, 9.17) is 28.9 Å². The Bertz CT molecular complexity index is 930. The Hall–Kier alpha value is -1.00. The van der Waals surface area contributed by atoms with Crippen LogP contribution in [0.2, 0.25) is 10.0 Å². The Morgan fingerprint density at radius 1 is 1.12 bits per heavy atom. The summed E-state index contributed by atoms with van der Waals surface area (Å²) < 4.78 is 1.12. The Labute approximate surface area is 161 Å². The van der Waals surface area contributed by atoms with Gasteiger partial charge in [-0.15, -0.1) is 11.3 Å². The lowest BCUT2D eigenvalue weighted by atomic mass is 9.84. The summed E-state index contributed by atoms with van der Waals surface area (Å²) in [5.74, 6) is 0.611. The van der Waals surface area contributed by atoms with Crippen molar-refractivity contribution in [1.82, 2.24) is 0 Å². The Balaban J connectivity index is 1.83. The quantitative estimate of drug-likeness (QED) is 0.472. The molecular weight excluding hydrogens is 373 g/mol. The lowest BCUT2D eigenvalue weighted by Gasteiger charge is -2.24. The molecule has 0 radical (unpaired) electrons. The van der Waals surface area contributed by atoms with Gasteiger partial charge in [0.2, 0.25) is 0 Å². The van der Waals surface area contributed by atoms with Gasteiger partial charge in [-0.2, -0.15) is 0 Å². The third-order valence-corrected chi connectivity index (χ3v) is 7.13. The van der Waals surface area contributed by atoms with E-state index in [1.807, 2.05) is 12.1 Å². The highest BCUT2D eigenvalue weighted by atomic mass is 35.5. The second-order valence-electron chi connectivity index (χ2n) is 7.07. The average Bonchev–Trinajstić information content (AvgIpc) is 3.10. The highest BCUT2D eigenvalue weighted by Crippen LogP contribution is 2.43. The summed E-state index contributed by atoms with van der Waals surface area (Å²) in [5, 5.41) is 16.9. The van der Waals surface area contributed by atoms with E-state index >= 15 is 0 Å². The van der Waals surface area contributed by atoms with Gasteiger partial charge in [0.05, 0.1) is 21.8 Å². The largest absolute Gasteiger partial charge is 0.396 e. The molecule has 132 valence electrons. The first kappa shape index (κ1) is 17.4. The zero-order valence-corrected chi connectivity index (χ0v) is 16.2. The summed E-state index contributed by atoms with van der Waals surface area (Å²) in [4.78, 5) is 0. The van der Waals surface area contributed by atoms with Gasteiger partial charge in [0.15, 0.2) is 0 Å². The van der Waals surface area contributed by atoms with Crippen molar-refractivity contribution in [3.05, 3.63) is 39.2 Å². The first-order valence-corrected chi connectivity index (χ1v) is 10.4. The number of halogens is 2. The molecule has 1 aliphatic rings. The minimum absolute atomic E-state index is 0.401. The molecule has 25 heavy (non-hydrogen) atoms. The predicted molar refractivity (Wildman–Crippen MR) is 110 cm³/mol. The van der Waals surface area contributed by atoms with Crippen LogP contribution in [0, 0.1) is 5.92 Å². The van der Waals surface area contributed by atoms with Crippen molar-refractivity contribution in [3.8, 4) is 0 Å². The smallest absolute Gasteiger partial charge is 0.0806 e. The second-order valence-corrected chi connectivity index (χ2v) is 8.77. The van der Waals surface area contributed by atoms with E-state index in [0.29, 0.717) is 21.7 Å². The molecule has 5 heteroatoms. The Morgan fingerprint density at radius 3 is 2.64 bits per heavy atom. The standard InChI is InChI=1S/C20H21Cl2NOS/c21-16-10-13-12-6-7-25-20(12)15(9-14(13)18(22)19(16)23)17(24)8-11-4-2-1-3-5-11/h6-7,9-11,17,24H,1-5,8,23H2. The normalized spacial score (nSPS) is 17.4. The maximum atomic E-state index is 11.0. The molecule has 0 bridgehead atoms. The van der Waals surface area contributed by atoms with Crippen LogP contribution in [0.1, 0.15) is 50.2 Å². The van der Waals surface area contributed by atoms with Gasteiger partial charge >= 0.3 is 0 Å². The molecule has 3 N–H and O–H groups in total. The molecule has 3 aromatic rings. The van der Waals surface area contributed by atoms with Gasteiger partial charge in [-0.3, -0.25) is 0 Å². The third-order valence-electron chi connectivity index (χ3n) is 5.45. The SMILES string of the molecule is Nc1c(Cl)cc2c(cc(C(O)CC3CCCCC3)c3sccc32)c1Cl. The first-order valence-electron chi connectivity index (χ1n) is 8.81. The summed E-state index contributed by atoms with van der Waals surface area (Å²) in [7, 11) is 0. The summed E-state index contributed by atoms with van der Waals surface area (Å²) in [6, 6.07) is 5.96. The topological polar surface area (TPSA) is 46.2 Å². The molecule has 1 aromatic heterocycles. The first-order chi connectivity index (χ1) is 12.1. The molecule has 0 saturated heterocycles. The van der Waals surface area contributed by atoms with E-state index in [1.165, 1.54) is 32.1 Å². The third kappa shape index (κ3) is 3.12. The van der Waals surface area contributed by atoms with Crippen LogP contribution in [-0.4, -0.2) is 5.11 Å². The number of anilines is 1. The summed E-state index contributed by atoms with van der Waals surface area (Å²) in [5.41, 5.74) is 7.38. The molecular formula is C20H21Cl2NOS. The summed E-state index contributed by atoms with van der Waals surface area (Å²) in [6.07, 6.45) is 6.69. The van der Waals surface area contributed by atoms with Gasteiger partial charge in [0.1, 0.15) is 0 Å². The van der Waals surface area contributed by atoms with Crippen LogP contribution in [0.5, 0.6) is 0 Å². The van der Waals surface area contributed by atoms with Crippen LogP contribution in [-0.2, 0) is 0 Å². The highest BCUT2D eigenvalue weighted by molar-refractivity contribution is 7.17. The number of nitrogens with two attached hydrogens (primary N) is 1. The van der Waals surface area contributed by atoms with E-state index in [0.717, 1.165) is 32.8 Å². The Kier molecular flexibility index (Phi) is 4.85. The average molecular weight is 394 g/mol. The van der Waals surface area contributed by atoms with Gasteiger partial charge in [-0.25, -0.2) is 0 Å². The number of nitrogen functional groups attached to an aromatic ring is 1. The van der Waals surface area contributed by atoms with Crippen LogP contribution >= 0.6 is 34.5 Å². The zero-order valence-electron chi connectivity index (χ0n) is 13.9. The van der Waals surface area contributed by atoms with Crippen LogP contribution in [0.15, 0.2) is 23.6 Å². The minimum atomic E-state index is -0.471. The van der Waals surface area contributed by atoms with Crippen LogP contribution < -0.4 is 5.73 Å². The lowest BCUT2D eigenvalue weighted by molar-refractivity contribution is 0.133. The molecule has 1 heterocycles. The number of benzene rings is 2. The number of thiophene rings is 1. The number of hydrogen-bond donors (Lipinski definition) is 2. The van der Waals surface area contributed by atoms with Crippen LogP contribution in [0.4, 0.5) is 5.69 Å². The van der Waals surface area contributed by atoms with Gasteiger partial charge in [0, 0.05) is 15.5 Å². The van der Waals surface area contributed by atoms with Crippen molar-refractivity contribution in [2.75, 3.05) is 5.73 Å². The second kappa shape index (κ2) is 6.96. The summed E-state index contributed by atoms with van der Waals surface area (Å²) >= 11 is 14.4. The molecule has 0 amide bonds. The number of hydrogen-bond acceptors (Lipinski definition) is 3. The van der Waals surface area contributed by atoms with Crippen molar-refractivity contribution in [3.63, 3.8) is 0 Å². The van der Waals surface area contributed by atoms with E-state index in [-0.39, 0.29) is 0 Å². The maximum Gasteiger partial charge on any atom is 0.0806 e. The van der Waals surface area contributed by atoms with Crippen molar-refractivity contribution < 1.29 is 5.11 Å². The molecule has 1 unspecified atom stereocenters. The van der Waals surface area contributed by atoms with Crippen molar-refractivity contribution >= 4 is 61.1 Å². The molecule has 1 atom stereocenters. The van der Waals surface area contributed by atoms with E-state index in [2.05, 4.69) is 11.4 Å². The summed E-state index contributed by atoms with van der Waals surface area (Å²) in [6.45, 7) is 0. The lowest BCUT2D eigenvalue weighted by Crippen LogP contribution is -2.11. The van der Waals surface area contributed by atoms with Crippen molar-refractivity contribution in [2.24, 2.45) is 5.92 Å². The number of aliphatic hydroxyl groups excluding tert-OH is 1. The molecule has 0 aliphatic heterocycles. The van der Waals surface area contributed by atoms with Gasteiger partial charge in [-0.1, -0.05) is 55.3 Å². The maximum absolute atomic E-state index is 11.0. The van der Waals surface area contributed by atoms with Gasteiger partial charge in [-0.05, 0) is 46.9 Å². The Morgan fingerprint density at radius 2 is 1.88 bits per heavy atom. The number of rotatable bonds is 3. The predicted octanol–water partition coefficient (Wildman–Crippen LogP) is 6.95. The molecule has 2 aromatic carbocycles.